The molecule has 1 aliphatic heterocycles. The van der Waals surface area contributed by atoms with Gasteiger partial charge in [0.05, 0.1) is 12.5 Å². The van der Waals surface area contributed by atoms with E-state index in [1.165, 1.54) is 7.05 Å². The van der Waals surface area contributed by atoms with Gasteiger partial charge in [0.2, 0.25) is 0 Å². The van der Waals surface area contributed by atoms with Crippen LogP contribution in [0.2, 0.25) is 0 Å². The highest BCUT2D eigenvalue weighted by Gasteiger charge is 2.17. The van der Waals surface area contributed by atoms with E-state index in [2.05, 4.69) is 10.1 Å². The monoisotopic (exact) mass is 200 g/mol. The largest absolute Gasteiger partial charge is 0.413 e. The fraction of sp³-hybridized carbons (Fsp3) is 0.778. The number of carbonyl (C=O) groups is 1. The Labute approximate surface area is 83.3 Å². The Hall–Kier alpha value is -1.10. The van der Waals surface area contributed by atoms with Gasteiger partial charge in [0, 0.05) is 13.7 Å². The van der Waals surface area contributed by atoms with E-state index >= 15 is 0 Å². The zero-order chi connectivity index (χ0) is 10.4. The number of ether oxygens (including phenoxy) is 2. The molecule has 0 radical (unpaired) electrons. The van der Waals surface area contributed by atoms with Crippen LogP contribution in [0.3, 0.4) is 0 Å². The van der Waals surface area contributed by atoms with Crippen molar-refractivity contribution in [3.8, 4) is 0 Å². The van der Waals surface area contributed by atoms with Crippen LogP contribution < -0.4 is 5.32 Å². The van der Waals surface area contributed by atoms with Crippen LogP contribution in [0.15, 0.2) is 0 Å². The summed E-state index contributed by atoms with van der Waals surface area (Å²) in [6, 6.07) is 0. The van der Waals surface area contributed by atoms with E-state index in [0.29, 0.717) is 6.42 Å². The van der Waals surface area contributed by atoms with Gasteiger partial charge in [-0.3, -0.25) is 5.41 Å². The molecule has 1 saturated heterocycles. The molecule has 1 unspecified atom stereocenters. The predicted molar refractivity (Wildman–Crippen MR) is 51.5 cm³/mol. The van der Waals surface area contributed by atoms with Gasteiger partial charge < -0.3 is 14.8 Å². The molecule has 1 rings (SSSR count). The van der Waals surface area contributed by atoms with Crippen molar-refractivity contribution < 1.29 is 14.3 Å². The van der Waals surface area contributed by atoms with Crippen molar-refractivity contribution in [3.63, 3.8) is 0 Å². The molecule has 0 aromatic heterocycles. The van der Waals surface area contributed by atoms with Gasteiger partial charge >= 0.3 is 6.09 Å². The molecular formula is C9H16N2O3. The van der Waals surface area contributed by atoms with Gasteiger partial charge in [-0.05, 0) is 19.3 Å². The van der Waals surface area contributed by atoms with E-state index < -0.39 is 6.09 Å². The number of carbonyl (C=O) groups excluding carboxylic acids is 1. The second kappa shape index (κ2) is 5.59. The van der Waals surface area contributed by atoms with E-state index in [0.717, 1.165) is 25.9 Å². The van der Waals surface area contributed by atoms with Crippen molar-refractivity contribution >= 4 is 12.0 Å². The van der Waals surface area contributed by atoms with E-state index in [4.69, 9.17) is 10.1 Å². The topological polar surface area (TPSA) is 71.4 Å². The maximum absolute atomic E-state index is 10.7. The van der Waals surface area contributed by atoms with Gasteiger partial charge in [-0.2, -0.15) is 0 Å². The molecule has 2 N–H and O–H groups in total. The Bertz CT molecular complexity index is 212. The molecule has 14 heavy (non-hydrogen) atoms. The summed E-state index contributed by atoms with van der Waals surface area (Å²) in [4.78, 5) is 10.7. The maximum Gasteiger partial charge on any atom is 0.413 e. The number of amides is 1. The molecule has 1 atom stereocenters. The molecule has 0 saturated carbocycles. The standard InChI is InChI=1S/C9H16N2O3/c1-11-9(12)14-8(10)6-7-4-2-3-5-13-7/h7,10H,2-6H2,1H3,(H,11,12). The fourth-order valence-corrected chi connectivity index (χ4v) is 1.38. The Morgan fingerprint density at radius 2 is 2.43 bits per heavy atom. The minimum atomic E-state index is -0.592. The Morgan fingerprint density at radius 3 is 3.00 bits per heavy atom. The molecule has 5 nitrogen and oxygen atoms in total. The second-order valence-corrected chi connectivity index (χ2v) is 3.26. The first-order valence-electron chi connectivity index (χ1n) is 4.81. The van der Waals surface area contributed by atoms with Crippen molar-refractivity contribution in [1.29, 1.82) is 5.41 Å². The first kappa shape index (κ1) is 11.0. The molecule has 1 aliphatic rings. The first-order chi connectivity index (χ1) is 6.72. The first-order valence-corrected chi connectivity index (χ1v) is 4.81. The molecule has 80 valence electrons. The third-order valence-electron chi connectivity index (χ3n) is 2.11. The summed E-state index contributed by atoms with van der Waals surface area (Å²) in [5.41, 5.74) is 0. The van der Waals surface area contributed by atoms with Gasteiger partial charge in [-0.15, -0.1) is 0 Å². The van der Waals surface area contributed by atoms with Gasteiger partial charge in [0.25, 0.3) is 0 Å². The lowest BCUT2D eigenvalue weighted by atomic mass is 10.1. The summed E-state index contributed by atoms with van der Waals surface area (Å²) < 4.78 is 10.1. The van der Waals surface area contributed by atoms with E-state index in [1.54, 1.807) is 0 Å². The quantitative estimate of drug-likeness (QED) is 0.521. The normalized spacial score (nSPS) is 21.4. The Kier molecular flexibility index (Phi) is 4.39. The molecule has 5 heteroatoms. The van der Waals surface area contributed by atoms with Crippen LogP contribution in [0.1, 0.15) is 25.7 Å². The zero-order valence-corrected chi connectivity index (χ0v) is 8.34. The molecular weight excluding hydrogens is 184 g/mol. The predicted octanol–water partition coefficient (Wildman–Crippen LogP) is 1.28. The van der Waals surface area contributed by atoms with Crippen molar-refractivity contribution in [2.24, 2.45) is 0 Å². The average molecular weight is 200 g/mol. The van der Waals surface area contributed by atoms with Crippen molar-refractivity contribution in [2.45, 2.75) is 31.8 Å². The van der Waals surface area contributed by atoms with E-state index in [-0.39, 0.29) is 12.0 Å². The molecule has 0 aliphatic carbocycles. The molecule has 1 heterocycles. The Morgan fingerprint density at radius 1 is 1.64 bits per heavy atom. The SMILES string of the molecule is CNC(=O)OC(=N)CC1CCCCO1. The lowest BCUT2D eigenvalue weighted by molar-refractivity contribution is 0.0186. The van der Waals surface area contributed by atoms with Crippen LogP contribution >= 0.6 is 0 Å². The fourth-order valence-electron chi connectivity index (χ4n) is 1.38. The van der Waals surface area contributed by atoms with Gasteiger partial charge in [0.15, 0.2) is 5.90 Å². The lowest BCUT2D eigenvalue weighted by Crippen LogP contribution is -2.27. The highest BCUT2D eigenvalue weighted by atomic mass is 16.6. The lowest BCUT2D eigenvalue weighted by Gasteiger charge is -2.22. The van der Waals surface area contributed by atoms with Crippen LogP contribution in [0.4, 0.5) is 4.79 Å². The number of hydrogen-bond donors (Lipinski definition) is 2. The van der Waals surface area contributed by atoms with Gasteiger partial charge in [0.1, 0.15) is 0 Å². The summed E-state index contributed by atoms with van der Waals surface area (Å²) >= 11 is 0. The number of rotatable bonds is 2. The minimum absolute atomic E-state index is 0.0312. The van der Waals surface area contributed by atoms with Gasteiger partial charge in [-0.25, -0.2) is 4.79 Å². The average Bonchev–Trinajstić information content (AvgIpc) is 2.19. The highest BCUT2D eigenvalue weighted by Crippen LogP contribution is 2.15. The molecule has 1 fully saturated rings. The summed E-state index contributed by atoms with van der Waals surface area (Å²) in [6.45, 7) is 0.748. The van der Waals surface area contributed by atoms with Crippen LogP contribution in [0, 0.1) is 5.41 Å². The highest BCUT2D eigenvalue weighted by molar-refractivity contribution is 5.86. The number of hydrogen-bond acceptors (Lipinski definition) is 4. The smallest absolute Gasteiger partial charge is 0.396 e. The molecule has 0 aromatic carbocycles. The zero-order valence-electron chi connectivity index (χ0n) is 8.34. The maximum atomic E-state index is 10.7. The number of nitrogens with one attached hydrogen (secondary N) is 2. The van der Waals surface area contributed by atoms with Crippen molar-refractivity contribution in [1.82, 2.24) is 5.32 Å². The number of alkyl carbamates (subject to hydrolysis) is 1. The summed E-state index contributed by atoms with van der Waals surface area (Å²) in [7, 11) is 1.47. The van der Waals surface area contributed by atoms with Crippen molar-refractivity contribution in [2.75, 3.05) is 13.7 Å². The van der Waals surface area contributed by atoms with Crippen molar-refractivity contribution in [3.05, 3.63) is 0 Å². The molecule has 0 bridgehead atoms. The van der Waals surface area contributed by atoms with Crippen LogP contribution in [-0.2, 0) is 9.47 Å². The van der Waals surface area contributed by atoms with Crippen LogP contribution in [-0.4, -0.2) is 31.7 Å². The van der Waals surface area contributed by atoms with Crippen LogP contribution in [0.25, 0.3) is 0 Å². The summed E-state index contributed by atoms with van der Waals surface area (Å²) in [5.74, 6) is -0.0312. The van der Waals surface area contributed by atoms with E-state index in [1.807, 2.05) is 0 Å². The van der Waals surface area contributed by atoms with E-state index in [9.17, 15) is 4.79 Å². The summed E-state index contributed by atoms with van der Waals surface area (Å²) in [6.07, 6.45) is 2.98. The Balaban J connectivity index is 2.21. The molecule has 0 aromatic rings. The van der Waals surface area contributed by atoms with Crippen LogP contribution in [0.5, 0.6) is 0 Å². The third kappa shape index (κ3) is 3.74. The molecule has 0 spiro atoms. The second-order valence-electron chi connectivity index (χ2n) is 3.26. The molecule has 1 amide bonds. The third-order valence-corrected chi connectivity index (χ3v) is 2.11. The summed E-state index contributed by atoms with van der Waals surface area (Å²) in [5, 5.41) is 9.69. The minimum Gasteiger partial charge on any atom is -0.396 e. The van der Waals surface area contributed by atoms with Gasteiger partial charge in [-0.1, -0.05) is 0 Å².